The van der Waals surface area contributed by atoms with Crippen LogP contribution in [0.2, 0.25) is 0 Å². The molecular formula is C13H17N3. The van der Waals surface area contributed by atoms with Crippen LogP contribution >= 0.6 is 0 Å². The molecule has 16 heavy (non-hydrogen) atoms. The molecule has 1 aromatic carbocycles. The number of hydrogen-bond donors (Lipinski definition) is 1. The van der Waals surface area contributed by atoms with Crippen LogP contribution in [0.25, 0.3) is 5.70 Å². The molecule has 0 atom stereocenters. The molecule has 0 bridgehead atoms. The third-order valence-corrected chi connectivity index (χ3v) is 2.66. The minimum absolute atomic E-state index is 0.0142. The lowest BCUT2D eigenvalue weighted by Crippen LogP contribution is -2.39. The zero-order valence-corrected chi connectivity index (χ0v) is 9.99. The van der Waals surface area contributed by atoms with Crippen LogP contribution in [0.4, 0.5) is 11.4 Å². The van der Waals surface area contributed by atoms with Crippen LogP contribution in [0.15, 0.2) is 29.8 Å². The van der Waals surface area contributed by atoms with Crippen molar-refractivity contribution >= 4 is 23.4 Å². The van der Waals surface area contributed by atoms with Crippen LogP contribution in [0.5, 0.6) is 0 Å². The quantitative estimate of drug-likeness (QED) is 0.676. The average molecular weight is 215 g/mol. The van der Waals surface area contributed by atoms with Gasteiger partial charge in [-0.3, -0.25) is 0 Å². The number of benzene rings is 1. The van der Waals surface area contributed by atoms with Crippen molar-refractivity contribution < 1.29 is 0 Å². The van der Waals surface area contributed by atoms with E-state index in [1.54, 1.807) is 0 Å². The molecule has 0 unspecified atom stereocenters. The minimum Gasteiger partial charge on any atom is -0.399 e. The predicted molar refractivity (Wildman–Crippen MR) is 69.6 cm³/mol. The SMILES string of the molecule is C=C1c2ccc(N)cc2N=CN1C(C)(C)C. The fraction of sp³-hybridized carbons (Fsp3) is 0.308. The van der Waals surface area contributed by atoms with E-state index in [4.69, 9.17) is 5.73 Å². The van der Waals surface area contributed by atoms with Gasteiger partial charge in [0.2, 0.25) is 0 Å². The van der Waals surface area contributed by atoms with E-state index in [0.717, 1.165) is 22.6 Å². The summed E-state index contributed by atoms with van der Waals surface area (Å²) in [6.45, 7) is 10.5. The lowest BCUT2D eigenvalue weighted by molar-refractivity contribution is 0.334. The number of nitrogens with zero attached hydrogens (tertiary/aromatic N) is 2. The van der Waals surface area contributed by atoms with Crippen LogP contribution in [0.1, 0.15) is 26.3 Å². The molecule has 0 saturated heterocycles. The highest BCUT2D eigenvalue weighted by Gasteiger charge is 2.25. The van der Waals surface area contributed by atoms with Gasteiger partial charge in [-0.05, 0) is 39.0 Å². The van der Waals surface area contributed by atoms with Crippen molar-refractivity contribution in [3.05, 3.63) is 30.3 Å². The number of hydrogen-bond acceptors (Lipinski definition) is 3. The average Bonchev–Trinajstić information content (AvgIpc) is 2.15. The Bertz CT molecular complexity index is 467. The molecule has 0 saturated carbocycles. The van der Waals surface area contributed by atoms with E-state index < -0.39 is 0 Å². The Labute approximate surface area is 96.3 Å². The van der Waals surface area contributed by atoms with Gasteiger partial charge >= 0.3 is 0 Å². The largest absolute Gasteiger partial charge is 0.399 e. The molecular weight excluding hydrogens is 198 g/mol. The second kappa shape index (κ2) is 3.37. The number of nitrogen functional groups attached to an aromatic ring is 1. The molecule has 3 nitrogen and oxygen atoms in total. The van der Waals surface area contributed by atoms with Crippen LogP contribution in [0, 0.1) is 0 Å². The van der Waals surface area contributed by atoms with Gasteiger partial charge in [-0.1, -0.05) is 6.58 Å². The maximum atomic E-state index is 5.73. The van der Waals surface area contributed by atoms with Crippen molar-refractivity contribution in [2.75, 3.05) is 5.73 Å². The van der Waals surface area contributed by atoms with Gasteiger partial charge in [-0.15, -0.1) is 0 Å². The summed E-state index contributed by atoms with van der Waals surface area (Å²) in [5.41, 5.74) is 9.36. The molecule has 1 aromatic rings. The molecule has 1 aliphatic heterocycles. The van der Waals surface area contributed by atoms with Gasteiger partial charge in [0.15, 0.2) is 0 Å². The van der Waals surface area contributed by atoms with Gasteiger partial charge in [-0.2, -0.15) is 0 Å². The second-order valence-corrected chi connectivity index (χ2v) is 5.01. The molecule has 0 radical (unpaired) electrons. The smallest absolute Gasteiger partial charge is 0.0962 e. The Morgan fingerprint density at radius 1 is 1.31 bits per heavy atom. The van der Waals surface area contributed by atoms with Gasteiger partial charge < -0.3 is 10.6 Å². The first-order valence-corrected chi connectivity index (χ1v) is 5.32. The Balaban J connectivity index is 2.48. The zero-order valence-electron chi connectivity index (χ0n) is 9.99. The van der Waals surface area contributed by atoms with Crippen molar-refractivity contribution in [2.24, 2.45) is 4.99 Å². The Morgan fingerprint density at radius 3 is 2.62 bits per heavy atom. The lowest BCUT2D eigenvalue weighted by atomic mass is 10.0. The second-order valence-electron chi connectivity index (χ2n) is 5.01. The Hall–Kier alpha value is -1.77. The molecule has 1 aliphatic rings. The Morgan fingerprint density at radius 2 is 2.00 bits per heavy atom. The summed E-state index contributed by atoms with van der Waals surface area (Å²) in [7, 11) is 0. The van der Waals surface area contributed by atoms with Crippen molar-refractivity contribution in [1.82, 2.24) is 4.90 Å². The van der Waals surface area contributed by atoms with E-state index in [9.17, 15) is 0 Å². The Kier molecular flexibility index (Phi) is 2.26. The summed E-state index contributed by atoms with van der Waals surface area (Å²) >= 11 is 0. The van der Waals surface area contributed by atoms with Gasteiger partial charge in [-0.25, -0.2) is 4.99 Å². The fourth-order valence-electron chi connectivity index (χ4n) is 1.80. The molecule has 0 amide bonds. The molecule has 2 N–H and O–H groups in total. The van der Waals surface area contributed by atoms with Crippen molar-refractivity contribution in [3.63, 3.8) is 0 Å². The number of nitrogens with two attached hydrogens (primary N) is 1. The minimum atomic E-state index is -0.0142. The van der Waals surface area contributed by atoms with Crippen LogP contribution < -0.4 is 5.73 Å². The van der Waals surface area contributed by atoms with E-state index in [-0.39, 0.29) is 5.54 Å². The first kappa shape index (κ1) is 10.7. The number of aliphatic imine (C=N–C) groups is 1. The standard InChI is InChI=1S/C13H17N3/c1-9-11-6-5-10(14)7-12(11)15-8-16(9)13(2,3)4/h5-8H,1,14H2,2-4H3. The topological polar surface area (TPSA) is 41.6 Å². The summed E-state index contributed by atoms with van der Waals surface area (Å²) in [5, 5.41) is 0. The van der Waals surface area contributed by atoms with Crippen molar-refractivity contribution in [1.29, 1.82) is 0 Å². The summed E-state index contributed by atoms with van der Waals surface area (Å²) in [6, 6.07) is 5.73. The van der Waals surface area contributed by atoms with E-state index in [1.165, 1.54) is 0 Å². The number of fused-ring (bicyclic) bond motifs is 1. The third kappa shape index (κ3) is 1.69. The van der Waals surface area contributed by atoms with Gasteiger partial charge in [0.25, 0.3) is 0 Å². The monoisotopic (exact) mass is 215 g/mol. The summed E-state index contributed by atoms with van der Waals surface area (Å²) in [6.07, 6.45) is 1.82. The van der Waals surface area contributed by atoms with Gasteiger partial charge in [0.05, 0.1) is 12.0 Å². The summed E-state index contributed by atoms with van der Waals surface area (Å²) in [5.74, 6) is 0. The summed E-state index contributed by atoms with van der Waals surface area (Å²) < 4.78 is 0. The van der Waals surface area contributed by atoms with Crippen molar-refractivity contribution in [3.8, 4) is 0 Å². The lowest BCUT2D eigenvalue weighted by Gasteiger charge is -2.37. The molecule has 0 aromatic heterocycles. The molecule has 0 fully saturated rings. The first-order chi connectivity index (χ1) is 7.39. The van der Waals surface area contributed by atoms with Crippen LogP contribution in [-0.2, 0) is 0 Å². The highest BCUT2D eigenvalue weighted by molar-refractivity contribution is 5.88. The fourth-order valence-corrected chi connectivity index (χ4v) is 1.80. The van der Waals surface area contributed by atoms with Crippen molar-refractivity contribution in [2.45, 2.75) is 26.3 Å². The summed E-state index contributed by atoms with van der Waals surface area (Å²) in [4.78, 5) is 6.49. The van der Waals surface area contributed by atoms with E-state index in [2.05, 4.69) is 37.2 Å². The van der Waals surface area contributed by atoms with E-state index in [0.29, 0.717) is 0 Å². The highest BCUT2D eigenvalue weighted by atomic mass is 15.2. The molecule has 0 aliphatic carbocycles. The molecule has 0 spiro atoms. The maximum absolute atomic E-state index is 5.73. The molecule has 1 heterocycles. The number of anilines is 1. The number of rotatable bonds is 0. The maximum Gasteiger partial charge on any atom is 0.0962 e. The van der Waals surface area contributed by atoms with Gasteiger partial charge in [0, 0.05) is 22.5 Å². The third-order valence-electron chi connectivity index (χ3n) is 2.66. The molecule has 3 heteroatoms. The molecule has 2 rings (SSSR count). The van der Waals surface area contributed by atoms with Crippen LogP contribution in [-0.4, -0.2) is 16.8 Å². The zero-order chi connectivity index (χ0) is 11.9. The normalized spacial score (nSPS) is 15.2. The van der Waals surface area contributed by atoms with Crippen LogP contribution in [0.3, 0.4) is 0 Å². The molecule has 84 valence electrons. The van der Waals surface area contributed by atoms with Gasteiger partial charge in [0.1, 0.15) is 0 Å². The first-order valence-electron chi connectivity index (χ1n) is 5.32. The van der Waals surface area contributed by atoms with E-state index in [1.807, 2.05) is 24.5 Å². The highest BCUT2D eigenvalue weighted by Crippen LogP contribution is 2.35. The predicted octanol–water partition coefficient (Wildman–Crippen LogP) is 3.01. The van der Waals surface area contributed by atoms with E-state index >= 15 is 0 Å².